The van der Waals surface area contributed by atoms with Gasteiger partial charge in [-0.1, -0.05) is 11.6 Å². The number of rotatable bonds is 2. The zero-order valence-corrected chi connectivity index (χ0v) is 6.56. The second kappa shape index (κ2) is 1.85. The van der Waals surface area contributed by atoms with E-state index in [2.05, 4.69) is 13.0 Å². The van der Waals surface area contributed by atoms with Crippen LogP contribution in [0.15, 0.2) is 11.6 Å². The topological polar surface area (TPSA) is 26.0 Å². The van der Waals surface area contributed by atoms with E-state index in [1.54, 1.807) is 5.57 Å². The molecule has 3 aliphatic carbocycles. The SMILES string of the molecule is C[C@H](N)CC12CC=C(C1)C2. The molecule has 3 aliphatic rings. The number of allylic oxidation sites excluding steroid dienone is 2. The van der Waals surface area contributed by atoms with E-state index in [1.807, 2.05) is 0 Å². The van der Waals surface area contributed by atoms with Gasteiger partial charge in [0.2, 0.25) is 0 Å². The number of hydrogen-bond donors (Lipinski definition) is 1. The third kappa shape index (κ3) is 0.807. The molecule has 1 nitrogen and oxygen atoms in total. The van der Waals surface area contributed by atoms with Crippen LogP contribution < -0.4 is 5.73 Å². The molecule has 1 saturated carbocycles. The van der Waals surface area contributed by atoms with Gasteiger partial charge in [-0.25, -0.2) is 0 Å². The molecule has 0 amide bonds. The molecule has 0 aromatic rings. The van der Waals surface area contributed by atoms with Crippen LogP contribution in [0.3, 0.4) is 0 Å². The Balaban J connectivity index is 1.96. The quantitative estimate of drug-likeness (QED) is 0.577. The average Bonchev–Trinajstić information content (AvgIpc) is 2.18. The first-order valence-electron chi connectivity index (χ1n) is 4.14. The van der Waals surface area contributed by atoms with Crippen LogP contribution in [0.2, 0.25) is 0 Å². The lowest BCUT2D eigenvalue weighted by Crippen LogP contribution is -2.32. The summed E-state index contributed by atoms with van der Waals surface area (Å²) in [6.45, 7) is 2.12. The lowest BCUT2D eigenvalue weighted by Gasteiger charge is -2.38. The van der Waals surface area contributed by atoms with E-state index in [1.165, 1.54) is 25.7 Å². The minimum atomic E-state index is 0.396. The Hall–Kier alpha value is -0.300. The summed E-state index contributed by atoms with van der Waals surface area (Å²) in [6.07, 6.45) is 7.66. The molecule has 56 valence electrons. The Kier molecular flexibility index (Phi) is 1.19. The zero-order valence-electron chi connectivity index (χ0n) is 6.56. The number of nitrogens with two attached hydrogens (primary N) is 1. The van der Waals surface area contributed by atoms with Gasteiger partial charge in [0.05, 0.1) is 0 Å². The first-order chi connectivity index (χ1) is 4.70. The van der Waals surface area contributed by atoms with Crippen molar-refractivity contribution < 1.29 is 0 Å². The highest BCUT2D eigenvalue weighted by Crippen LogP contribution is 2.56. The van der Waals surface area contributed by atoms with Crippen molar-refractivity contribution in [3.8, 4) is 0 Å². The predicted molar refractivity (Wildman–Crippen MR) is 42.6 cm³/mol. The fraction of sp³-hybridized carbons (Fsp3) is 0.778. The van der Waals surface area contributed by atoms with Crippen molar-refractivity contribution >= 4 is 0 Å². The number of fused-ring (bicyclic) bond motifs is 1. The van der Waals surface area contributed by atoms with E-state index in [9.17, 15) is 0 Å². The van der Waals surface area contributed by atoms with Crippen LogP contribution in [0.1, 0.15) is 32.6 Å². The Bertz CT molecular complexity index is 166. The second-order valence-electron chi connectivity index (χ2n) is 4.10. The van der Waals surface area contributed by atoms with Crippen LogP contribution in [-0.4, -0.2) is 6.04 Å². The van der Waals surface area contributed by atoms with E-state index in [0.29, 0.717) is 11.5 Å². The molecular formula is C9H15N. The van der Waals surface area contributed by atoms with Crippen molar-refractivity contribution in [2.75, 3.05) is 0 Å². The molecular weight excluding hydrogens is 122 g/mol. The largest absolute Gasteiger partial charge is 0.328 e. The van der Waals surface area contributed by atoms with Crippen molar-refractivity contribution in [1.29, 1.82) is 0 Å². The van der Waals surface area contributed by atoms with Gasteiger partial charge >= 0.3 is 0 Å². The fourth-order valence-electron chi connectivity index (χ4n) is 2.47. The molecule has 1 fully saturated rings. The minimum Gasteiger partial charge on any atom is -0.328 e. The van der Waals surface area contributed by atoms with Gasteiger partial charge in [0.25, 0.3) is 0 Å². The van der Waals surface area contributed by atoms with E-state index in [-0.39, 0.29) is 0 Å². The highest BCUT2D eigenvalue weighted by atomic mass is 14.6. The standard InChI is InChI=1S/C9H15N/c1-7(10)4-9-3-2-8(5-9)6-9/h2,7H,3-6,10H2,1H3/t7-/m0/s1. The third-order valence-corrected chi connectivity index (χ3v) is 2.78. The van der Waals surface area contributed by atoms with Crippen LogP contribution in [0, 0.1) is 5.41 Å². The van der Waals surface area contributed by atoms with Crippen molar-refractivity contribution in [3.63, 3.8) is 0 Å². The number of hydrogen-bond acceptors (Lipinski definition) is 1. The van der Waals surface area contributed by atoms with Gasteiger partial charge in [-0.3, -0.25) is 0 Å². The Labute approximate surface area is 62.3 Å². The van der Waals surface area contributed by atoms with Gasteiger partial charge < -0.3 is 5.73 Å². The van der Waals surface area contributed by atoms with Crippen LogP contribution in [0.4, 0.5) is 0 Å². The molecule has 0 spiro atoms. The summed E-state index contributed by atoms with van der Waals surface area (Å²) < 4.78 is 0. The zero-order chi connectivity index (χ0) is 7.19. The average molecular weight is 137 g/mol. The van der Waals surface area contributed by atoms with Crippen LogP contribution >= 0.6 is 0 Å². The van der Waals surface area contributed by atoms with Gasteiger partial charge in [-0.15, -0.1) is 0 Å². The monoisotopic (exact) mass is 137 g/mol. The Morgan fingerprint density at radius 2 is 2.40 bits per heavy atom. The molecule has 2 N–H and O–H groups in total. The smallest absolute Gasteiger partial charge is 0.00161 e. The molecule has 1 atom stereocenters. The van der Waals surface area contributed by atoms with Gasteiger partial charge in [0.15, 0.2) is 0 Å². The third-order valence-electron chi connectivity index (χ3n) is 2.78. The van der Waals surface area contributed by atoms with Crippen molar-refractivity contribution in [1.82, 2.24) is 0 Å². The Morgan fingerprint density at radius 3 is 2.80 bits per heavy atom. The molecule has 0 heterocycles. The van der Waals surface area contributed by atoms with Gasteiger partial charge in [-0.05, 0) is 38.0 Å². The van der Waals surface area contributed by atoms with Crippen LogP contribution in [0.25, 0.3) is 0 Å². The molecule has 0 aromatic carbocycles. The summed E-state index contributed by atoms with van der Waals surface area (Å²) in [7, 11) is 0. The molecule has 2 bridgehead atoms. The van der Waals surface area contributed by atoms with Crippen LogP contribution in [0.5, 0.6) is 0 Å². The van der Waals surface area contributed by atoms with E-state index in [0.717, 1.165) is 0 Å². The molecule has 0 aromatic heterocycles. The summed E-state index contributed by atoms with van der Waals surface area (Å²) in [5.41, 5.74) is 8.08. The molecule has 1 heteroatoms. The summed E-state index contributed by atoms with van der Waals surface area (Å²) in [6, 6.07) is 0.396. The highest BCUT2D eigenvalue weighted by molar-refractivity contribution is 5.27. The maximum Gasteiger partial charge on any atom is 0.00161 e. The molecule has 0 radical (unpaired) electrons. The van der Waals surface area contributed by atoms with Crippen molar-refractivity contribution in [2.24, 2.45) is 11.1 Å². The van der Waals surface area contributed by atoms with Gasteiger partial charge in [-0.2, -0.15) is 0 Å². The van der Waals surface area contributed by atoms with Crippen molar-refractivity contribution in [2.45, 2.75) is 38.6 Å². The minimum absolute atomic E-state index is 0.396. The molecule has 3 rings (SSSR count). The van der Waals surface area contributed by atoms with E-state index in [4.69, 9.17) is 5.73 Å². The molecule has 10 heavy (non-hydrogen) atoms. The second-order valence-corrected chi connectivity index (χ2v) is 4.10. The Morgan fingerprint density at radius 1 is 1.70 bits per heavy atom. The first kappa shape index (κ1) is 6.41. The summed E-state index contributed by atoms with van der Waals surface area (Å²) >= 11 is 0. The lowest BCUT2D eigenvalue weighted by molar-refractivity contribution is 0.207. The molecule has 0 unspecified atom stereocenters. The van der Waals surface area contributed by atoms with E-state index >= 15 is 0 Å². The first-order valence-corrected chi connectivity index (χ1v) is 4.14. The predicted octanol–water partition coefficient (Wildman–Crippen LogP) is 1.83. The maximum absolute atomic E-state index is 5.76. The van der Waals surface area contributed by atoms with Crippen LogP contribution in [-0.2, 0) is 0 Å². The lowest BCUT2D eigenvalue weighted by atomic mass is 9.67. The molecule has 0 saturated heterocycles. The maximum atomic E-state index is 5.76. The van der Waals surface area contributed by atoms with Gasteiger partial charge in [0.1, 0.15) is 0 Å². The molecule has 0 aliphatic heterocycles. The van der Waals surface area contributed by atoms with E-state index < -0.39 is 0 Å². The normalized spacial score (nSPS) is 29.2. The summed E-state index contributed by atoms with van der Waals surface area (Å²) in [5.74, 6) is 0. The van der Waals surface area contributed by atoms with Crippen molar-refractivity contribution in [3.05, 3.63) is 11.6 Å². The summed E-state index contributed by atoms with van der Waals surface area (Å²) in [4.78, 5) is 0. The highest BCUT2D eigenvalue weighted by Gasteiger charge is 2.44. The fourth-order valence-corrected chi connectivity index (χ4v) is 2.47. The van der Waals surface area contributed by atoms with Gasteiger partial charge in [0, 0.05) is 6.04 Å². The summed E-state index contributed by atoms with van der Waals surface area (Å²) in [5, 5.41) is 0.